The van der Waals surface area contributed by atoms with Crippen molar-refractivity contribution in [3.05, 3.63) is 93.7 Å². The van der Waals surface area contributed by atoms with E-state index in [1.54, 1.807) is 12.1 Å². The molecule has 0 atom stereocenters. The number of benzene rings is 3. The summed E-state index contributed by atoms with van der Waals surface area (Å²) >= 11 is 3.47. The lowest BCUT2D eigenvalue weighted by atomic mass is 10.1. The van der Waals surface area contributed by atoms with Crippen molar-refractivity contribution in [1.82, 2.24) is 0 Å². The van der Waals surface area contributed by atoms with Gasteiger partial charge in [-0.3, -0.25) is 0 Å². The summed E-state index contributed by atoms with van der Waals surface area (Å²) in [4.78, 5) is 0. The molecule has 0 heterocycles. The summed E-state index contributed by atoms with van der Waals surface area (Å²) in [5.41, 5.74) is 3.82. The van der Waals surface area contributed by atoms with Crippen molar-refractivity contribution in [2.45, 2.75) is 20.1 Å². The average Bonchev–Trinajstić information content (AvgIpc) is 2.61. The van der Waals surface area contributed by atoms with Gasteiger partial charge in [0.25, 0.3) is 0 Å². The van der Waals surface area contributed by atoms with E-state index in [4.69, 9.17) is 4.74 Å². The summed E-state index contributed by atoms with van der Waals surface area (Å²) in [6.07, 6.45) is 0. The van der Waals surface area contributed by atoms with E-state index >= 15 is 0 Å². The van der Waals surface area contributed by atoms with Crippen LogP contribution in [-0.2, 0) is 13.2 Å². The van der Waals surface area contributed by atoms with Gasteiger partial charge in [0.1, 0.15) is 18.2 Å². The quantitative estimate of drug-likeness (QED) is 0.541. The molecular formula is C21H19BrFNO. The van der Waals surface area contributed by atoms with E-state index in [-0.39, 0.29) is 12.4 Å². The van der Waals surface area contributed by atoms with Crippen LogP contribution in [0.3, 0.4) is 0 Å². The molecule has 0 spiro atoms. The number of hydrogen-bond donors (Lipinski definition) is 1. The van der Waals surface area contributed by atoms with Crippen molar-refractivity contribution in [3.63, 3.8) is 0 Å². The molecule has 0 saturated heterocycles. The van der Waals surface area contributed by atoms with Crippen LogP contribution in [0.15, 0.2) is 71.2 Å². The first-order chi connectivity index (χ1) is 12.1. The van der Waals surface area contributed by atoms with Crippen LogP contribution in [0, 0.1) is 12.7 Å². The maximum atomic E-state index is 13.7. The van der Waals surface area contributed by atoms with E-state index in [0.717, 1.165) is 21.5 Å². The second-order valence-corrected chi connectivity index (χ2v) is 6.72. The molecule has 0 aliphatic carbocycles. The predicted octanol–water partition coefficient (Wildman–Crippen LogP) is 6.09. The second-order valence-electron chi connectivity index (χ2n) is 5.80. The maximum absolute atomic E-state index is 13.7. The van der Waals surface area contributed by atoms with Gasteiger partial charge in [0, 0.05) is 27.8 Å². The van der Waals surface area contributed by atoms with Crippen LogP contribution in [0.2, 0.25) is 0 Å². The Morgan fingerprint density at radius 1 is 0.960 bits per heavy atom. The summed E-state index contributed by atoms with van der Waals surface area (Å²) in [5.74, 6) is 0.511. The molecule has 0 saturated carbocycles. The van der Waals surface area contributed by atoms with Crippen LogP contribution in [0.5, 0.6) is 5.75 Å². The minimum Gasteiger partial charge on any atom is -0.488 e. The first-order valence-electron chi connectivity index (χ1n) is 8.07. The van der Waals surface area contributed by atoms with Crippen LogP contribution >= 0.6 is 15.9 Å². The molecule has 3 aromatic carbocycles. The van der Waals surface area contributed by atoms with Crippen molar-refractivity contribution in [3.8, 4) is 5.75 Å². The number of rotatable bonds is 6. The van der Waals surface area contributed by atoms with Gasteiger partial charge in [-0.25, -0.2) is 4.39 Å². The molecule has 128 valence electrons. The fourth-order valence-corrected chi connectivity index (χ4v) is 3.05. The molecule has 2 nitrogen and oxygen atoms in total. The molecule has 4 heteroatoms. The number of aryl methyl sites for hydroxylation is 1. The Hall–Kier alpha value is -2.33. The molecule has 0 amide bonds. The van der Waals surface area contributed by atoms with Crippen molar-refractivity contribution < 1.29 is 9.13 Å². The van der Waals surface area contributed by atoms with E-state index in [1.807, 2.05) is 42.5 Å². The van der Waals surface area contributed by atoms with Crippen LogP contribution < -0.4 is 10.1 Å². The van der Waals surface area contributed by atoms with E-state index in [2.05, 4.69) is 34.2 Å². The third-order valence-corrected chi connectivity index (χ3v) is 4.46. The molecule has 0 aliphatic heterocycles. The summed E-state index contributed by atoms with van der Waals surface area (Å²) in [6, 6.07) is 20.6. The first kappa shape index (κ1) is 17.5. The van der Waals surface area contributed by atoms with Gasteiger partial charge >= 0.3 is 0 Å². The number of ether oxygens (including phenoxy) is 1. The van der Waals surface area contributed by atoms with Crippen LogP contribution in [-0.4, -0.2) is 0 Å². The third kappa shape index (κ3) is 4.60. The third-order valence-electron chi connectivity index (χ3n) is 3.97. The largest absolute Gasteiger partial charge is 0.488 e. The zero-order valence-corrected chi connectivity index (χ0v) is 15.5. The minimum absolute atomic E-state index is 0.209. The van der Waals surface area contributed by atoms with Crippen molar-refractivity contribution in [1.29, 1.82) is 0 Å². The molecule has 0 fully saturated rings. The fourth-order valence-electron chi connectivity index (χ4n) is 2.58. The molecule has 1 N–H and O–H groups in total. The Morgan fingerprint density at radius 3 is 2.44 bits per heavy atom. The van der Waals surface area contributed by atoms with Crippen LogP contribution in [0.4, 0.5) is 10.1 Å². The molecule has 25 heavy (non-hydrogen) atoms. The molecular weight excluding hydrogens is 381 g/mol. The van der Waals surface area contributed by atoms with E-state index in [0.29, 0.717) is 12.1 Å². The van der Waals surface area contributed by atoms with Crippen molar-refractivity contribution >= 4 is 21.6 Å². The maximum Gasteiger partial charge on any atom is 0.129 e. The molecule has 0 radical (unpaired) electrons. The Kier molecular flexibility index (Phi) is 5.71. The molecule has 0 aromatic heterocycles. The highest BCUT2D eigenvalue weighted by molar-refractivity contribution is 9.10. The van der Waals surface area contributed by atoms with Crippen molar-refractivity contribution in [2.75, 3.05) is 5.32 Å². The number of para-hydroxylation sites is 1. The lowest BCUT2D eigenvalue weighted by Gasteiger charge is -2.14. The normalized spacial score (nSPS) is 10.5. The zero-order chi connectivity index (χ0) is 17.6. The van der Waals surface area contributed by atoms with Gasteiger partial charge in [0.15, 0.2) is 0 Å². The number of hydrogen-bond acceptors (Lipinski definition) is 2. The van der Waals surface area contributed by atoms with E-state index in [1.165, 1.54) is 11.6 Å². The number of halogens is 2. The highest BCUT2D eigenvalue weighted by Gasteiger charge is 2.07. The topological polar surface area (TPSA) is 21.3 Å². The molecule has 0 unspecified atom stereocenters. The standard InChI is InChI=1S/C21H19BrFNO/c1-15-12-18(22)10-11-20(15)24-13-16-6-3-5-9-21(16)25-14-17-7-2-4-8-19(17)23/h2-12,24H,13-14H2,1H3. The number of anilines is 1. The van der Waals surface area contributed by atoms with Gasteiger partial charge in [-0.15, -0.1) is 0 Å². The monoisotopic (exact) mass is 399 g/mol. The Balaban J connectivity index is 1.69. The lowest BCUT2D eigenvalue weighted by molar-refractivity contribution is 0.297. The highest BCUT2D eigenvalue weighted by atomic mass is 79.9. The van der Waals surface area contributed by atoms with Crippen molar-refractivity contribution in [2.24, 2.45) is 0 Å². The predicted molar refractivity (Wildman–Crippen MR) is 103 cm³/mol. The van der Waals surface area contributed by atoms with Crippen LogP contribution in [0.1, 0.15) is 16.7 Å². The van der Waals surface area contributed by atoms with Gasteiger partial charge in [0.2, 0.25) is 0 Å². The smallest absolute Gasteiger partial charge is 0.129 e. The zero-order valence-electron chi connectivity index (χ0n) is 13.9. The van der Waals surface area contributed by atoms with Gasteiger partial charge in [-0.2, -0.15) is 0 Å². The molecule has 3 rings (SSSR count). The van der Waals surface area contributed by atoms with Gasteiger partial charge in [-0.05, 0) is 42.8 Å². The fraction of sp³-hybridized carbons (Fsp3) is 0.143. The first-order valence-corrected chi connectivity index (χ1v) is 8.87. The Bertz CT molecular complexity index is 866. The lowest BCUT2D eigenvalue weighted by Crippen LogP contribution is -2.05. The van der Waals surface area contributed by atoms with E-state index in [9.17, 15) is 4.39 Å². The summed E-state index contributed by atoms with van der Waals surface area (Å²) in [6.45, 7) is 2.91. The average molecular weight is 400 g/mol. The minimum atomic E-state index is -0.247. The Labute approximate surface area is 155 Å². The second kappa shape index (κ2) is 8.17. The summed E-state index contributed by atoms with van der Waals surface area (Å²) in [5, 5.41) is 3.43. The van der Waals surface area contributed by atoms with Gasteiger partial charge in [-0.1, -0.05) is 52.3 Å². The molecule has 3 aromatic rings. The SMILES string of the molecule is Cc1cc(Br)ccc1NCc1ccccc1OCc1ccccc1F. The number of nitrogens with one attached hydrogen (secondary N) is 1. The highest BCUT2D eigenvalue weighted by Crippen LogP contribution is 2.24. The summed E-state index contributed by atoms with van der Waals surface area (Å²) in [7, 11) is 0. The summed E-state index contributed by atoms with van der Waals surface area (Å²) < 4.78 is 20.7. The van der Waals surface area contributed by atoms with Gasteiger partial charge in [0.05, 0.1) is 0 Å². The van der Waals surface area contributed by atoms with Gasteiger partial charge < -0.3 is 10.1 Å². The Morgan fingerprint density at radius 2 is 1.68 bits per heavy atom. The molecule has 0 aliphatic rings. The van der Waals surface area contributed by atoms with Crippen LogP contribution in [0.25, 0.3) is 0 Å². The van der Waals surface area contributed by atoms with E-state index < -0.39 is 0 Å². The molecule has 0 bridgehead atoms.